The van der Waals surface area contributed by atoms with Gasteiger partial charge in [0.05, 0.1) is 6.04 Å². The second-order valence-electron chi connectivity index (χ2n) is 2.37. The minimum atomic E-state index is -0.315. The molecule has 10 heavy (non-hydrogen) atoms. The smallest absolute Gasteiger partial charge is 0.239 e. The number of rotatable bonds is 3. The standard InChI is InChI=1S/C7H16N2O/c1-4-6(8)7(10)9(3)5-2/h6H,4-5,8H2,1-3H3. The molecule has 0 aliphatic carbocycles. The molecule has 0 aliphatic heterocycles. The first kappa shape index (κ1) is 9.43. The second-order valence-corrected chi connectivity index (χ2v) is 2.37. The van der Waals surface area contributed by atoms with Crippen LogP contribution >= 0.6 is 0 Å². The van der Waals surface area contributed by atoms with E-state index in [0.717, 1.165) is 6.54 Å². The maximum atomic E-state index is 11.1. The molecule has 1 unspecified atom stereocenters. The van der Waals surface area contributed by atoms with Gasteiger partial charge in [-0.2, -0.15) is 0 Å². The third-order valence-electron chi connectivity index (χ3n) is 1.61. The van der Waals surface area contributed by atoms with Crippen LogP contribution in [0.5, 0.6) is 0 Å². The molecule has 1 atom stereocenters. The Hall–Kier alpha value is -0.570. The van der Waals surface area contributed by atoms with E-state index in [0.29, 0.717) is 6.42 Å². The van der Waals surface area contributed by atoms with E-state index < -0.39 is 0 Å². The van der Waals surface area contributed by atoms with Gasteiger partial charge in [0.25, 0.3) is 0 Å². The van der Waals surface area contributed by atoms with Crippen LogP contribution in [-0.2, 0) is 4.79 Å². The third kappa shape index (κ3) is 2.35. The quantitative estimate of drug-likeness (QED) is 0.615. The van der Waals surface area contributed by atoms with Crippen LogP contribution in [0.2, 0.25) is 0 Å². The Balaban J connectivity index is 3.82. The molecule has 3 nitrogen and oxygen atoms in total. The summed E-state index contributed by atoms with van der Waals surface area (Å²) in [6.07, 6.45) is 0.711. The number of likely N-dealkylation sites (N-methyl/N-ethyl adjacent to an activating group) is 1. The molecule has 1 amide bonds. The first-order valence-corrected chi connectivity index (χ1v) is 3.64. The minimum Gasteiger partial charge on any atom is -0.345 e. The van der Waals surface area contributed by atoms with E-state index in [1.807, 2.05) is 13.8 Å². The van der Waals surface area contributed by atoms with E-state index in [1.54, 1.807) is 11.9 Å². The average Bonchev–Trinajstić information content (AvgIpc) is 2.00. The first-order chi connectivity index (χ1) is 4.63. The van der Waals surface area contributed by atoms with Gasteiger partial charge in [-0.05, 0) is 13.3 Å². The molecule has 0 saturated heterocycles. The van der Waals surface area contributed by atoms with Crippen molar-refractivity contribution >= 4 is 5.91 Å². The van der Waals surface area contributed by atoms with Crippen molar-refractivity contribution in [3.05, 3.63) is 0 Å². The summed E-state index contributed by atoms with van der Waals surface area (Å²) in [5.74, 6) is 0.0324. The lowest BCUT2D eigenvalue weighted by molar-refractivity contribution is -0.131. The summed E-state index contributed by atoms with van der Waals surface area (Å²) in [5.41, 5.74) is 5.50. The Labute approximate surface area is 62.2 Å². The molecule has 0 heterocycles. The van der Waals surface area contributed by atoms with Gasteiger partial charge in [0, 0.05) is 13.6 Å². The molecule has 0 radical (unpaired) electrons. The number of carbonyl (C=O) groups is 1. The van der Waals surface area contributed by atoms with Crippen molar-refractivity contribution in [2.75, 3.05) is 13.6 Å². The molecule has 0 bridgehead atoms. The van der Waals surface area contributed by atoms with E-state index in [2.05, 4.69) is 0 Å². The molecule has 0 aromatic heterocycles. The highest BCUT2D eigenvalue weighted by Gasteiger charge is 2.13. The van der Waals surface area contributed by atoms with Gasteiger partial charge in [-0.1, -0.05) is 6.92 Å². The summed E-state index contributed by atoms with van der Waals surface area (Å²) in [5, 5.41) is 0. The highest BCUT2D eigenvalue weighted by Crippen LogP contribution is 1.92. The topological polar surface area (TPSA) is 46.3 Å². The summed E-state index contributed by atoms with van der Waals surface area (Å²) >= 11 is 0. The van der Waals surface area contributed by atoms with Gasteiger partial charge in [-0.15, -0.1) is 0 Å². The van der Waals surface area contributed by atoms with E-state index >= 15 is 0 Å². The summed E-state index contributed by atoms with van der Waals surface area (Å²) in [6.45, 7) is 4.57. The number of hydrogen-bond donors (Lipinski definition) is 1. The summed E-state index contributed by atoms with van der Waals surface area (Å²) in [7, 11) is 1.76. The Morgan fingerprint density at radius 1 is 1.60 bits per heavy atom. The normalized spacial score (nSPS) is 12.8. The van der Waals surface area contributed by atoms with Crippen LogP contribution in [0, 0.1) is 0 Å². The van der Waals surface area contributed by atoms with Gasteiger partial charge in [0.1, 0.15) is 0 Å². The van der Waals surface area contributed by atoms with Crippen LogP contribution in [0.4, 0.5) is 0 Å². The van der Waals surface area contributed by atoms with Crippen LogP contribution in [-0.4, -0.2) is 30.4 Å². The lowest BCUT2D eigenvalue weighted by Gasteiger charge is -2.17. The van der Waals surface area contributed by atoms with E-state index in [1.165, 1.54) is 0 Å². The van der Waals surface area contributed by atoms with E-state index in [4.69, 9.17) is 5.73 Å². The van der Waals surface area contributed by atoms with Crippen molar-refractivity contribution < 1.29 is 4.79 Å². The predicted molar refractivity (Wildman–Crippen MR) is 41.6 cm³/mol. The number of hydrogen-bond acceptors (Lipinski definition) is 2. The van der Waals surface area contributed by atoms with Crippen LogP contribution < -0.4 is 5.73 Å². The summed E-state index contributed by atoms with van der Waals surface area (Å²) < 4.78 is 0. The largest absolute Gasteiger partial charge is 0.345 e. The number of carbonyl (C=O) groups excluding carboxylic acids is 1. The molecule has 0 rings (SSSR count). The van der Waals surface area contributed by atoms with Gasteiger partial charge in [0.2, 0.25) is 5.91 Å². The molecular weight excluding hydrogens is 128 g/mol. The monoisotopic (exact) mass is 144 g/mol. The van der Waals surface area contributed by atoms with Crippen LogP contribution in [0.15, 0.2) is 0 Å². The first-order valence-electron chi connectivity index (χ1n) is 3.64. The minimum absolute atomic E-state index is 0.0324. The zero-order valence-corrected chi connectivity index (χ0v) is 6.92. The maximum Gasteiger partial charge on any atom is 0.239 e. The fraction of sp³-hybridized carbons (Fsp3) is 0.857. The molecule has 0 aliphatic rings. The SMILES string of the molecule is CCC(N)C(=O)N(C)CC. The fourth-order valence-electron chi connectivity index (χ4n) is 0.614. The van der Waals surface area contributed by atoms with E-state index in [9.17, 15) is 4.79 Å². The van der Waals surface area contributed by atoms with E-state index in [-0.39, 0.29) is 11.9 Å². The Kier molecular flexibility index (Phi) is 4.03. The van der Waals surface area contributed by atoms with Gasteiger partial charge < -0.3 is 10.6 Å². The highest BCUT2D eigenvalue weighted by atomic mass is 16.2. The van der Waals surface area contributed by atoms with Crippen molar-refractivity contribution in [3.63, 3.8) is 0 Å². The lowest BCUT2D eigenvalue weighted by atomic mass is 10.2. The van der Waals surface area contributed by atoms with Crippen molar-refractivity contribution in [1.29, 1.82) is 0 Å². The molecule has 3 heteroatoms. The lowest BCUT2D eigenvalue weighted by Crippen LogP contribution is -2.41. The number of amides is 1. The van der Waals surface area contributed by atoms with Crippen LogP contribution in [0.25, 0.3) is 0 Å². The molecule has 0 aromatic carbocycles. The molecular formula is C7H16N2O. The Morgan fingerprint density at radius 3 is 2.40 bits per heavy atom. The van der Waals surface area contributed by atoms with Gasteiger partial charge in [-0.25, -0.2) is 0 Å². The molecule has 0 saturated carbocycles. The fourth-order valence-corrected chi connectivity index (χ4v) is 0.614. The molecule has 0 spiro atoms. The average molecular weight is 144 g/mol. The number of nitrogens with two attached hydrogens (primary N) is 1. The van der Waals surface area contributed by atoms with Crippen molar-refractivity contribution in [3.8, 4) is 0 Å². The van der Waals surface area contributed by atoms with Gasteiger partial charge >= 0.3 is 0 Å². The summed E-state index contributed by atoms with van der Waals surface area (Å²) in [4.78, 5) is 12.7. The van der Waals surface area contributed by atoms with Crippen LogP contribution in [0.3, 0.4) is 0 Å². The predicted octanol–water partition coefficient (Wildman–Crippen LogP) is 0.202. The zero-order valence-electron chi connectivity index (χ0n) is 6.92. The Bertz CT molecular complexity index is 102. The number of nitrogens with zero attached hydrogens (tertiary/aromatic N) is 1. The highest BCUT2D eigenvalue weighted by molar-refractivity contribution is 5.81. The van der Waals surface area contributed by atoms with Crippen molar-refractivity contribution in [1.82, 2.24) is 4.90 Å². The Morgan fingerprint density at radius 2 is 2.10 bits per heavy atom. The second kappa shape index (κ2) is 4.28. The third-order valence-corrected chi connectivity index (χ3v) is 1.61. The van der Waals surface area contributed by atoms with Crippen LogP contribution in [0.1, 0.15) is 20.3 Å². The van der Waals surface area contributed by atoms with Crippen molar-refractivity contribution in [2.24, 2.45) is 5.73 Å². The molecule has 2 N–H and O–H groups in total. The van der Waals surface area contributed by atoms with Gasteiger partial charge in [-0.3, -0.25) is 4.79 Å². The van der Waals surface area contributed by atoms with Gasteiger partial charge in [0.15, 0.2) is 0 Å². The maximum absolute atomic E-state index is 11.1. The zero-order chi connectivity index (χ0) is 8.15. The molecule has 0 fully saturated rings. The summed E-state index contributed by atoms with van der Waals surface area (Å²) in [6, 6.07) is -0.315. The molecule has 0 aromatic rings. The van der Waals surface area contributed by atoms with Crippen molar-refractivity contribution in [2.45, 2.75) is 26.3 Å². The molecule has 60 valence electrons.